The van der Waals surface area contributed by atoms with Crippen LogP contribution in [0.4, 0.5) is 11.5 Å². The highest BCUT2D eigenvalue weighted by atomic mass is 16.6. The molecule has 8 heteroatoms. The van der Waals surface area contributed by atoms with E-state index in [0.29, 0.717) is 30.3 Å². The summed E-state index contributed by atoms with van der Waals surface area (Å²) < 4.78 is 10.6. The maximum absolute atomic E-state index is 10.9. The van der Waals surface area contributed by atoms with Gasteiger partial charge in [-0.25, -0.2) is 9.97 Å². The molecule has 0 saturated carbocycles. The molecule has 0 radical (unpaired) electrons. The van der Waals surface area contributed by atoms with E-state index in [2.05, 4.69) is 15.3 Å². The van der Waals surface area contributed by atoms with Gasteiger partial charge >= 0.3 is 0 Å². The number of hydrogen-bond acceptors (Lipinski definition) is 7. The zero-order chi connectivity index (χ0) is 18.5. The van der Waals surface area contributed by atoms with Crippen LogP contribution in [0.25, 0.3) is 10.9 Å². The second-order valence-corrected chi connectivity index (χ2v) is 5.55. The number of ether oxygens (including phenoxy) is 2. The largest absolute Gasteiger partial charge is 0.493 e. The van der Waals surface area contributed by atoms with E-state index in [0.717, 1.165) is 16.5 Å². The first-order valence-corrected chi connectivity index (χ1v) is 7.96. The zero-order valence-corrected chi connectivity index (χ0v) is 14.4. The van der Waals surface area contributed by atoms with E-state index in [1.54, 1.807) is 32.4 Å². The standard InChI is InChI=1S/C18H18N4O4/c1-25-16-9-14-15(10-17(16)26-2)20-11-21-18(14)19-7-6-12-4-3-5-13(8-12)22(23)24/h3-5,8-11H,6-7H2,1-2H3,(H,19,20,21). The summed E-state index contributed by atoms with van der Waals surface area (Å²) in [5, 5.41) is 14.9. The topological polar surface area (TPSA) is 99.4 Å². The van der Waals surface area contributed by atoms with Crippen molar-refractivity contribution in [2.45, 2.75) is 6.42 Å². The van der Waals surface area contributed by atoms with Gasteiger partial charge in [-0.3, -0.25) is 10.1 Å². The summed E-state index contributed by atoms with van der Waals surface area (Å²) in [7, 11) is 3.14. The number of rotatable bonds is 7. The first kappa shape index (κ1) is 17.4. The van der Waals surface area contributed by atoms with Crippen LogP contribution in [0.15, 0.2) is 42.7 Å². The van der Waals surface area contributed by atoms with Crippen molar-refractivity contribution in [3.8, 4) is 11.5 Å². The van der Waals surface area contributed by atoms with Gasteiger partial charge in [-0.1, -0.05) is 12.1 Å². The molecule has 0 fully saturated rings. The molecular weight excluding hydrogens is 336 g/mol. The lowest BCUT2D eigenvalue weighted by Crippen LogP contribution is -2.07. The average molecular weight is 354 g/mol. The van der Waals surface area contributed by atoms with Crippen molar-refractivity contribution in [3.05, 3.63) is 58.4 Å². The number of methoxy groups -OCH3 is 2. The predicted octanol–water partition coefficient (Wildman–Crippen LogP) is 3.21. The Bertz CT molecular complexity index is 946. The van der Waals surface area contributed by atoms with Crippen LogP contribution in [0.5, 0.6) is 11.5 Å². The lowest BCUT2D eigenvalue weighted by Gasteiger charge is -2.12. The molecule has 8 nitrogen and oxygen atoms in total. The Morgan fingerprint density at radius 2 is 1.88 bits per heavy atom. The van der Waals surface area contributed by atoms with Crippen molar-refractivity contribution in [1.82, 2.24) is 9.97 Å². The number of aromatic nitrogens is 2. The molecule has 1 aromatic heterocycles. The van der Waals surface area contributed by atoms with Gasteiger partial charge < -0.3 is 14.8 Å². The highest BCUT2D eigenvalue weighted by Gasteiger charge is 2.11. The molecule has 0 aliphatic heterocycles. The van der Waals surface area contributed by atoms with Gasteiger partial charge in [-0.15, -0.1) is 0 Å². The van der Waals surface area contributed by atoms with Crippen LogP contribution < -0.4 is 14.8 Å². The lowest BCUT2D eigenvalue weighted by atomic mass is 10.1. The van der Waals surface area contributed by atoms with E-state index >= 15 is 0 Å². The Morgan fingerprint density at radius 3 is 2.62 bits per heavy atom. The summed E-state index contributed by atoms with van der Waals surface area (Å²) in [6.07, 6.45) is 2.10. The number of nitrogens with zero attached hydrogens (tertiary/aromatic N) is 3. The van der Waals surface area contributed by atoms with Crippen LogP contribution in [-0.4, -0.2) is 35.7 Å². The minimum atomic E-state index is -0.394. The molecule has 2 aromatic carbocycles. The lowest BCUT2D eigenvalue weighted by molar-refractivity contribution is -0.384. The number of benzene rings is 2. The van der Waals surface area contributed by atoms with E-state index in [-0.39, 0.29) is 5.69 Å². The van der Waals surface area contributed by atoms with Crippen LogP contribution in [-0.2, 0) is 6.42 Å². The molecule has 134 valence electrons. The predicted molar refractivity (Wildman–Crippen MR) is 97.9 cm³/mol. The third kappa shape index (κ3) is 3.64. The minimum absolute atomic E-state index is 0.0896. The van der Waals surface area contributed by atoms with E-state index in [1.807, 2.05) is 12.1 Å². The van der Waals surface area contributed by atoms with Gasteiger partial charge in [0.25, 0.3) is 5.69 Å². The van der Waals surface area contributed by atoms with Gasteiger partial charge in [0.15, 0.2) is 11.5 Å². The fraction of sp³-hybridized carbons (Fsp3) is 0.222. The van der Waals surface area contributed by atoms with E-state index in [1.165, 1.54) is 12.4 Å². The number of nitro benzene ring substituents is 1. The average Bonchev–Trinajstić information content (AvgIpc) is 2.67. The molecule has 0 spiro atoms. The third-order valence-corrected chi connectivity index (χ3v) is 3.97. The molecule has 1 heterocycles. The quantitative estimate of drug-likeness (QED) is 0.514. The Balaban J connectivity index is 1.78. The Labute approximate surface area is 149 Å². The van der Waals surface area contributed by atoms with Gasteiger partial charge in [0.2, 0.25) is 0 Å². The summed E-state index contributed by atoms with van der Waals surface area (Å²) in [5.41, 5.74) is 1.70. The Kier molecular flexibility index (Phi) is 5.12. The molecule has 0 unspecified atom stereocenters. The summed E-state index contributed by atoms with van der Waals surface area (Å²) in [6.45, 7) is 0.571. The van der Waals surface area contributed by atoms with E-state index < -0.39 is 4.92 Å². The van der Waals surface area contributed by atoms with E-state index in [9.17, 15) is 10.1 Å². The highest BCUT2D eigenvalue weighted by Crippen LogP contribution is 2.33. The van der Waals surface area contributed by atoms with Crippen LogP contribution in [0.2, 0.25) is 0 Å². The summed E-state index contributed by atoms with van der Waals surface area (Å²) in [4.78, 5) is 19.0. The molecule has 3 rings (SSSR count). The van der Waals surface area contributed by atoms with Crippen LogP contribution in [0.1, 0.15) is 5.56 Å². The number of anilines is 1. The van der Waals surface area contributed by atoms with Gasteiger partial charge in [0.05, 0.1) is 24.7 Å². The number of fused-ring (bicyclic) bond motifs is 1. The van der Waals surface area contributed by atoms with E-state index in [4.69, 9.17) is 9.47 Å². The zero-order valence-electron chi connectivity index (χ0n) is 14.4. The maximum Gasteiger partial charge on any atom is 0.269 e. The Hall–Kier alpha value is -3.42. The first-order valence-electron chi connectivity index (χ1n) is 7.96. The van der Waals surface area contributed by atoms with Crippen molar-refractivity contribution in [3.63, 3.8) is 0 Å². The van der Waals surface area contributed by atoms with Crippen molar-refractivity contribution in [2.24, 2.45) is 0 Å². The number of non-ortho nitro benzene ring substituents is 1. The van der Waals surface area contributed by atoms with Crippen LogP contribution >= 0.6 is 0 Å². The first-order chi connectivity index (χ1) is 12.6. The summed E-state index contributed by atoms with van der Waals surface area (Å²) in [6, 6.07) is 10.2. The smallest absolute Gasteiger partial charge is 0.269 e. The molecule has 1 N–H and O–H groups in total. The summed E-state index contributed by atoms with van der Waals surface area (Å²) >= 11 is 0. The van der Waals surface area contributed by atoms with Crippen molar-refractivity contribution >= 4 is 22.4 Å². The van der Waals surface area contributed by atoms with Crippen molar-refractivity contribution < 1.29 is 14.4 Å². The monoisotopic (exact) mass is 354 g/mol. The second-order valence-electron chi connectivity index (χ2n) is 5.55. The van der Waals surface area contributed by atoms with Gasteiger partial charge in [-0.2, -0.15) is 0 Å². The molecule has 26 heavy (non-hydrogen) atoms. The van der Waals surface area contributed by atoms with Gasteiger partial charge in [0.1, 0.15) is 12.1 Å². The summed E-state index contributed by atoms with van der Waals surface area (Å²) in [5.74, 6) is 1.86. The van der Waals surface area contributed by atoms with Gasteiger partial charge in [-0.05, 0) is 18.1 Å². The molecule has 0 amide bonds. The maximum atomic E-state index is 10.9. The number of nitrogens with one attached hydrogen (secondary N) is 1. The molecule has 0 bridgehead atoms. The molecule has 0 atom stereocenters. The molecule has 0 aliphatic carbocycles. The number of nitro groups is 1. The fourth-order valence-electron chi connectivity index (χ4n) is 2.67. The SMILES string of the molecule is COc1cc2ncnc(NCCc3cccc([N+](=O)[O-])c3)c2cc1OC. The highest BCUT2D eigenvalue weighted by molar-refractivity contribution is 5.91. The number of hydrogen-bond donors (Lipinski definition) is 1. The van der Waals surface area contributed by atoms with Crippen molar-refractivity contribution in [1.29, 1.82) is 0 Å². The molecule has 0 aliphatic rings. The molecule has 3 aromatic rings. The minimum Gasteiger partial charge on any atom is -0.493 e. The van der Waals surface area contributed by atoms with Crippen molar-refractivity contribution in [2.75, 3.05) is 26.1 Å². The normalized spacial score (nSPS) is 10.5. The molecular formula is C18H18N4O4. The van der Waals surface area contributed by atoms with Crippen LogP contribution in [0, 0.1) is 10.1 Å². The third-order valence-electron chi connectivity index (χ3n) is 3.97. The van der Waals surface area contributed by atoms with Crippen LogP contribution in [0.3, 0.4) is 0 Å². The second kappa shape index (κ2) is 7.64. The fourth-order valence-corrected chi connectivity index (χ4v) is 2.67. The molecule has 0 saturated heterocycles. The Morgan fingerprint density at radius 1 is 1.12 bits per heavy atom. The van der Waals surface area contributed by atoms with Gasteiger partial charge in [0, 0.05) is 30.1 Å².